The average molecular weight is 228 g/mol. The Labute approximate surface area is 101 Å². The molecule has 0 aliphatic rings. The van der Waals surface area contributed by atoms with Gasteiger partial charge in [-0.3, -0.25) is 0 Å². The van der Waals surface area contributed by atoms with Crippen LogP contribution in [0.5, 0.6) is 11.6 Å². The summed E-state index contributed by atoms with van der Waals surface area (Å²) in [5, 5.41) is 3.19. The SMILES string of the molecule is CNC(C)c1ccnc(Oc2ccccc2)c1. The van der Waals surface area contributed by atoms with Gasteiger partial charge in [0.2, 0.25) is 5.88 Å². The molecular formula is C14H16N2O. The van der Waals surface area contributed by atoms with E-state index in [1.54, 1.807) is 6.20 Å². The zero-order valence-corrected chi connectivity index (χ0v) is 10.1. The molecule has 0 radical (unpaired) electrons. The number of nitrogens with zero attached hydrogens (tertiary/aromatic N) is 1. The minimum absolute atomic E-state index is 0.288. The summed E-state index contributed by atoms with van der Waals surface area (Å²) in [7, 11) is 1.93. The van der Waals surface area contributed by atoms with Crippen molar-refractivity contribution in [3.8, 4) is 11.6 Å². The van der Waals surface area contributed by atoms with Gasteiger partial charge in [-0.25, -0.2) is 4.98 Å². The normalized spacial score (nSPS) is 12.1. The van der Waals surface area contributed by atoms with Crippen LogP contribution in [0.1, 0.15) is 18.5 Å². The third kappa shape index (κ3) is 3.04. The molecule has 0 spiro atoms. The van der Waals surface area contributed by atoms with E-state index in [0.717, 1.165) is 11.3 Å². The Morgan fingerprint density at radius 2 is 1.94 bits per heavy atom. The zero-order chi connectivity index (χ0) is 12.1. The van der Waals surface area contributed by atoms with Crippen molar-refractivity contribution in [3.63, 3.8) is 0 Å². The molecule has 0 bridgehead atoms. The molecule has 3 heteroatoms. The van der Waals surface area contributed by atoms with Crippen molar-refractivity contribution in [1.29, 1.82) is 0 Å². The van der Waals surface area contributed by atoms with Crippen molar-refractivity contribution in [2.24, 2.45) is 0 Å². The van der Waals surface area contributed by atoms with Crippen molar-refractivity contribution in [1.82, 2.24) is 10.3 Å². The van der Waals surface area contributed by atoms with E-state index in [9.17, 15) is 0 Å². The lowest BCUT2D eigenvalue weighted by Gasteiger charge is -2.11. The molecule has 2 rings (SSSR count). The molecule has 1 N–H and O–H groups in total. The van der Waals surface area contributed by atoms with Gasteiger partial charge in [0.25, 0.3) is 0 Å². The van der Waals surface area contributed by atoms with Crippen LogP contribution in [0.3, 0.4) is 0 Å². The zero-order valence-electron chi connectivity index (χ0n) is 10.1. The smallest absolute Gasteiger partial charge is 0.219 e. The van der Waals surface area contributed by atoms with Crippen LogP contribution < -0.4 is 10.1 Å². The van der Waals surface area contributed by atoms with Crippen molar-refractivity contribution in [2.75, 3.05) is 7.05 Å². The lowest BCUT2D eigenvalue weighted by atomic mass is 10.1. The van der Waals surface area contributed by atoms with Crippen LogP contribution in [-0.4, -0.2) is 12.0 Å². The molecule has 1 atom stereocenters. The van der Waals surface area contributed by atoms with E-state index < -0.39 is 0 Å². The quantitative estimate of drug-likeness (QED) is 0.872. The van der Waals surface area contributed by atoms with Crippen LogP contribution >= 0.6 is 0 Å². The molecule has 0 aliphatic carbocycles. The van der Waals surface area contributed by atoms with E-state index in [4.69, 9.17) is 4.74 Å². The van der Waals surface area contributed by atoms with E-state index in [0.29, 0.717) is 5.88 Å². The van der Waals surface area contributed by atoms with E-state index in [-0.39, 0.29) is 6.04 Å². The number of rotatable bonds is 4. The molecule has 2 aromatic rings. The lowest BCUT2D eigenvalue weighted by molar-refractivity contribution is 0.461. The summed E-state index contributed by atoms with van der Waals surface area (Å²) in [6.45, 7) is 2.10. The number of nitrogens with one attached hydrogen (secondary N) is 1. The number of para-hydroxylation sites is 1. The second-order valence-electron chi connectivity index (χ2n) is 3.85. The van der Waals surface area contributed by atoms with Gasteiger partial charge >= 0.3 is 0 Å². The third-order valence-corrected chi connectivity index (χ3v) is 2.66. The van der Waals surface area contributed by atoms with Crippen LogP contribution in [0.4, 0.5) is 0 Å². The van der Waals surface area contributed by atoms with Gasteiger partial charge in [0.1, 0.15) is 5.75 Å². The van der Waals surface area contributed by atoms with Gasteiger partial charge < -0.3 is 10.1 Å². The Hall–Kier alpha value is -1.87. The molecule has 0 fully saturated rings. The van der Waals surface area contributed by atoms with Gasteiger partial charge in [0.15, 0.2) is 0 Å². The second-order valence-corrected chi connectivity index (χ2v) is 3.85. The monoisotopic (exact) mass is 228 g/mol. The number of ether oxygens (including phenoxy) is 1. The molecular weight excluding hydrogens is 212 g/mol. The van der Waals surface area contributed by atoms with Crippen LogP contribution in [0.25, 0.3) is 0 Å². The van der Waals surface area contributed by atoms with E-state index in [1.165, 1.54) is 0 Å². The molecule has 1 heterocycles. The predicted octanol–water partition coefficient (Wildman–Crippen LogP) is 3.15. The van der Waals surface area contributed by atoms with Gasteiger partial charge in [-0.2, -0.15) is 0 Å². The highest BCUT2D eigenvalue weighted by atomic mass is 16.5. The van der Waals surface area contributed by atoms with Crippen molar-refractivity contribution in [2.45, 2.75) is 13.0 Å². The summed E-state index contributed by atoms with van der Waals surface area (Å²) in [6.07, 6.45) is 1.77. The highest BCUT2D eigenvalue weighted by Gasteiger charge is 2.05. The van der Waals surface area contributed by atoms with Crippen LogP contribution in [0, 0.1) is 0 Å². The topological polar surface area (TPSA) is 34.2 Å². The third-order valence-electron chi connectivity index (χ3n) is 2.66. The number of hydrogen-bond acceptors (Lipinski definition) is 3. The fraction of sp³-hybridized carbons (Fsp3) is 0.214. The fourth-order valence-electron chi connectivity index (χ4n) is 1.53. The summed E-state index contributed by atoms with van der Waals surface area (Å²) in [5.41, 5.74) is 1.16. The molecule has 0 aliphatic heterocycles. The Morgan fingerprint density at radius 3 is 2.65 bits per heavy atom. The molecule has 1 aromatic carbocycles. The Kier molecular flexibility index (Phi) is 3.73. The largest absolute Gasteiger partial charge is 0.439 e. The van der Waals surface area contributed by atoms with Crippen molar-refractivity contribution >= 4 is 0 Å². The summed E-state index contributed by atoms with van der Waals surface area (Å²) >= 11 is 0. The lowest BCUT2D eigenvalue weighted by Crippen LogP contribution is -2.12. The molecule has 88 valence electrons. The molecule has 1 unspecified atom stereocenters. The van der Waals surface area contributed by atoms with Gasteiger partial charge in [-0.15, -0.1) is 0 Å². The molecule has 0 saturated heterocycles. The van der Waals surface area contributed by atoms with E-state index in [2.05, 4.69) is 17.2 Å². The summed E-state index contributed by atoms with van der Waals surface area (Å²) in [4.78, 5) is 4.20. The van der Waals surface area contributed by atoms with Crippen LogP contribution in [0.15, 0.2) is 48.7 Å². The second kappa shape index (κ2) is 5.46. The van der Waals surface area contributed by atoms with Crippen LogP contribution in [0.2, 0.25) is 0 Å². The highest BCUT2D eigenvalue weighted by Crippen LogP contribution is 2.21. The maximum Gasteiger partial charge on any atom is 0.219 e. The molecule has 3 nitrogen and oxygen atoms in total. The minimum atomic E-state index is 0.288. The number of hydrogen-bond donors (Lipinski definition) is 1. The first-order valence-electron chi connectivity index (χ1n) is 5.65. The Morgan fingerprint density at radius 1 is 1.18 bits per heavy atom. The maximum absolute atomic E-state index is 5.67. The standard InChI is InChI=1S/C14H16N2O/c1-11(15-2)12-8-9-16-14(10-12)17-13-6-4-3-5-7-13/h3-11,15H,1-2H3. The first-order chi connectivity index (χ1) is 8.29. The summed E-state index contributed by atoms with van der Waals surface area (Å²) < 4.78 is 5.67. The Bertz CT molecular complexity index is 471. The highest BCUT2D eigenvalue weighted by molar-refractivity contribution is 5.29. The first-order valence-corrected chi connectivity index (χ1v) is 5.65. The minimum Gasteiger partial charge on any atom is -0.439 e. The maximum atomic E-state index is 5.67. The van der Waals surface area contributed by atoms with Crippen molar-refractivity contribution in [3.05, 3.63) is 54.2 Å². The van der Waals surface area contributed by atoms with Gasteiger partial charge in [0, 0.05) is 18.3 Å². The van der Waals surface area contributed by atoms with Crippen molar-refractivity contribution < 1.29 is 4.74 Å². The molecule has 0 amide bonds. The number of pyridine rings is 1. The molecule has 17 heavy (non-hydrogen) atoms. The Balaban J connectivity index is 2.17. The number of benzene rings is 1. The summed E-state index contributed by atoms with van der Waals surface area (Å²) in [6, 6.07) is 13.9. The molecule has 0 saturated carbocycles. The first kappa shape index (κ1) is 11.6. The van der Waals surface area contributed by atoms with E-state index in [1.807, 2.05) is 49.5 Å². The van der Waals surface area contributed by atoms with E-state index >= 15 is 0 Å². The average Bonchev–Trinajstić information content (AvgIpc) is 2.39. The fourth-order valence-corrected chi connectivity index (χ4v) is 1.53. The molecule has 1 aromatic heterocycles. The van der Waals surface area contributed by atoms with Gasteiger partial charge in [-0.1, -0.05) is 18.2 Å². The number of aromatic nitrogens is 1. The predicted molar refractivity (Wildman–Crippen MR) is 68.2 cm³/mol. The van der Waals surface area contributed by atoms with Gasteiger partial charge in [0.05, 0.1) is 0 Å². The van der Waals surface area contributed by atoms with Crippen LogP contribution in [-0.2, 0) is 0 Å². The van der Waals surface area contributed by atoms with Gasteiger partial charge in [-0.05, 0) is 37.7 Å². The summed E-state index contributed by atoms with van der Waals surface area (Å²) in [5.74, 6) is 1.42.